The zero-order valence-electron chi connectivity index (χ0n) is 8.80. The molecule has 1 atom stereocenters. The Bertz CT molecular complexity index is 456. The highest BCUT2D eigenvalue weighted by molar-refractivity contribution is 7.12. The summed E-state index contributed by atoms with van der Waals surface area (Å²) in [5.74, 6) is -1.80. The lowest BCUT2D eigenvalue weighted by molar-refractivity contribution is -0.126. The van der Waals surface area contributed by atoms with Crippen LogP contribution in [0.15, 0.2) is 11.4 Å². The van der Waals surface area contributed by atoms with E-state index in [2.05, 4.69) is 0 Å². The van der Waals surface area contributed by atoms with Gasteiger partial charge in [-0.3, -0.25) is 10.1 Å². The molecule has 92 valence electrons. The van der Waals surface area contributed by atoms with E-state index in [9.17, 15) is 14.4 Å². The minimum Gasteiger partial charge on any atom is -0.479 e. The van der Waals surface area contributed by atoms with Gasteiger partial charge in [-0.2, -0.15) is 0 Å². The number of carboxylic acid groups (broad SMARTS) is 1. The number of nitrogens with one attached hydrogen (secondary N) is 1. The lowest BCUT2D eigenvalue weighted by atomic mass is 10.3. The van der Waals surface area contributed by atoms with E-state index in [4.69, 9.17) is 15.6 Å². The third-order valence-electron chi connectivity index (χ3n) is 1.74. The molecule has 1 rings (SSSR count). The predicted octanol–water partition coefficient (Wildman–Crippen LogP) is 0.409. The molecular formula is C9H10N2O5S. The van der Waals surface area contributed by atoms with Crippen molar-refractivity contribution in [2.75, 3.05) is 0 Å². The second kappa shape index (κ2) is 5.30. The summed E-state index contributed by atoms with van der Waals surface area (Å²) in [6.07, 6.45) is -1.02. The van der Waals surface area contributed by atoms with Gasteiger partial charge in [-0.05, 0) is 18.4 Å². The van der Waals surface area contributed by atoms with Gasteiger partial charge in [-0.15, -0.1) is 11.3 Å². The number of imide groups is 1. The molecule has 0 saturated carbocycles. The molecule has 0 spiro atoms. The standard InChI is InChI=1S/C9H10N2O5S/c1-4(7(12)11-9(10)15)16-5-2-3-17-6(5)8(13)14/h2-4H,1H3,(H,13,14)(H3,10,11,12,15). The molecule has 8 heteroatoms. The summed E-state index contributed by atoms with van der Waals surface area (Å²) in [6.45, 7) is 1.38. The first-order valence-corrected chi connectivity index (χ1v) is 5.37. The zero-order valence-corrected chi connectivity index (χ0v) is 9.61. The summed E-state index contributed by atoms with van der Waals surface area (Å²) in [5, 5.41) is 12.2. The number of thiophene rings is 1. The number of hydrogen-bond donors (Lipinski definition) is 3. The molecule has 7 nitrogen and oxygen atoms in total. The third-order valence-corrected chi connectivity index (χ3v) is 2.63. The van der Waals surface area contributed by atoms with Crippen LogP contribution in [0, 0.1) is 0 Å². The Morgan fingerprint density at radius 1 is 1.53 bits per heavy atom. The summed E-state index contributed by atoms with van der Waals surface area (Å²) < 4.78 is 5.12. The number of urea groups is 1. The van der Waals surface area contributed by atoms with Crippen LogP contribution in [0.2, 0.25) is 0 Å². The van der Waals surface area contributed by atoms with Crippen LogP contribution in [-0.4, -0.2) is 29.1 Å². The van der Waals surface area contributed by atoms with Crippen molar-refractivity contribution in [3.05, 3.63) is 16.3 Å². The summed E-state index contributed by atoms with van der Waals surface area (Å²) in [7, 11) is 0. The maximum absolute atomic E-state index is 11.3. The predicted molar refractivity (Wildman–Crippen MR) is 59.1 cm³/mol. The van der Waals surface area contributed by atoms with Gasteiger partial charge in [0.15, 0.2) is 11.0 Å². The monoisotopic (exact) mass is 258 g/mol. The Hall–Kier alpha value is -2.09. The van der Waals surface area contributed by atoms with Crippen LogP contribution in [0.1, 0.15) is 16.6 Å². The number of nitrogens with two attached hydrogens (primary N) is 1. The van der Waals surface area contributed by atoms with Gasteiger partial charge in [0.25, 0.3) is 5.91 Å². The number of primary amides is 1. The van der Waals surface area contributed by atoms with E-state index in [0.29, 0.717) is 0 Å². The molecule has 0 radical (unpaired) electrons. The van der Waals surface area contributed by atoms with Crippen molar-refractivity contribution in [3.63, 3.8) is 0 Å². The molecule has 17 heavy (non-hydrogen) atoms. The van der Waals surface area contributed by atoms with Crippen molar-refractivity contribution < 1.29 is 24.2 Å². The highest BCUT2D eigenvalue weighted by Gasteiger charge is 2.20. The summed E-state index contributed by atoms with van der Waals surface area (Å²) in [5.41, 5.74) is 4.76. The number of ether oxygens (including phenoxy) is 1. The Morgan fingerprint density at radius 2 is 2.18 bits per heavy atom. The van der Waals surface area contributed by atoms with Crippen molar-refractivity contribution in [1.29, 1.82) is 0 Å². The van der Waals surface area contributed by atoms with Gasteiger partial charge in [-0.1, -0.05) is 0 Å². The molecule has 1 heterocycles. The number of rotatable bonds is 4. The van der Waals surface area contributed by atoms with Gasteiger partial charge >= 0.3 is 12.0 Å². The van der Waals surface area contributed by atoms with Gasteiger partial charge in [0, 0.05) is 0 Å². The van der Waals surface area contributed by atoms with E-state index < -0.39 is 24.0 Å². The first-order chi connectivity index (χ1) is 7.91. The normalized spacial score (nSPS) is 11.6. The minimum absolute atomic E-state index is 0.0104. The average molecular weight is 258 g/mol. The molecule has 1 aromatic rings. The van der Waals surface area contributed by atoms with Crippen LogP contribution in [-0.2, 0) is 4.79 Å². The lowest BCUT2D eigenvalue weighted by Gasteiger charge is -2.12. The van der Waals surface area contributed by atoms with Gasteiger partial charge < -0.3 is 15.6 Å². The second-order valence-electron chi connectivity index (χ2n) is 3.03. The smallest absolute Gasteiger partial charge is 0.349 e. The molecule has 3 amide bonds. The molecule has 0 aliphatic rings. The number of aromatic carboxylic acids is 1. The molecule has 0 aromatic carbocycles. The van der Waals surface area contributed by atoms with Crippen LogP contribution in [0.4, 0.5) is 4.79 Å². The second-order valence-corrected chi connectivity index (χ2v) is 3.95. The van der Waals surface area contributed by atoms with Gasteiger partial charge in [0.05, 0.1) is 0 Å². The molecule has 4 N–H and O–H groups in total. The zero-order chi connectivity index (χ0) is 13.0. The third kappa shape index (κ3) is 3.45. The Morgan fingerprint density at radius 3 is 2.71 bits per heavy atom. The quantitative estimate of drug-likeness (QED) is 0.722. The van der Waals surface area contributed by atoms with E-state index in [-0.39, 0.29) is 10.6 Å². The van der Waals surface area contributed by atoms with E-state index in [1.54, 1.807) is 0 Å². The summed E-state index contributed by atoms with van der Waals surface area (Å²) in [4.78, 5) is 32.5. The van der Waals surface area contributed by atoms with Crippen molar-refractivity contribution in [1.82, 2.24) is 5.32 Å². The fraction of sp³-hybridized carbons (Fsp3) is 0.222. The molecule has 1 aromatic heterocycles. The number of amides is 3. The SMILES string of the molecule is CC(Oc1ccsc1C(=O)O)C(=O)NC(N)=O. The van der Waals surface area contributed by atoms with Crippen molar-refractivity contribution >= 4 is 29.2 Å². The summed E-state index contributed by atoms with van der Waals surface area (Å²) >= 11 is 0.977. The Labute approximate surface area is 100 Å². The van der Waals surface area contributed by atoms with Crippen LogP contribution in [0.3, 0.4) is 0 Å². The maximum atomic E-state index is 11.3. The van der Waals surface area contributed by atoms with E-state index in [0.717, 1.165) is 11.3 Å². The maximum Gasteiger partial charge on any atom is 0.349 e. The first kappa shape index (κ1) is 13.0. The number of carbonyl (C=O) groups is 3. The number of hydrogen-bond acceptors (Lipinski definition) is 5. The fourth-order valence-electron chi connectivity index (χ4n) is 1.01. The molecular weight excluding hydrogens is 248 g/mol. The average Bonchev–Trinajstić information content (AvgIpc) is 2.64. The highest BCUT2D eigenvalue weighted by Crippen LogP contribution is 2.25. The number of carboxylic acids is 1. The van der Waals surface area contributed by atoms with E-state index in [1.165, 1.54) is 18.4 Å². The van der Waals surface area contributed by atoms with Crippen molar-refractivity contribution in [3.8, 4) is 5.75 Å². The first-order valence-electron chi connectivity index (χ1n) is 4.49. The minimum atomic E-state index is -1.14. The molecule has 0 fully saturated rings. The van der Waals surface area contributed by atoms with Crippen molar-refractivity contribution in [2.24, 2.45) is 5.73 Å². The molecule has 0 bridgehead atoms. The fourth-order valence-corrected chi connectivity index (χ4v) is 1.67. The topological polar surface area (TPSA) is 119 Å². The van der Waals surface area contributed by atoms with E-state index in [1.807, 2.05) is 5.32 Å². The Balaban J connectivity index is 2.71. The van der Waals surface area contributed by atoms with Crippen LogP contribution < -0.4 is 15.8 Å². The van der Waals surface area contributed by atoms with Gasteiger partial charge in [0.2, 0.25) is 0 Å². The van der Waals surface area contributed by atoms with Crippen molar-refractivity contribution in [2.45, 2.75) is 13.0 Å². The lowest BCUT2D eigenvalue weighted by Crippen LogP contribution is -2.42. The molecule has 0 aliphatic carbocycles. The molecule has 1 unspecified atom stereocenters. The van der Waals surface area contributed by atoms with Crippen LogP contribution in [0.5, 0.6) is 5.75 Å². The van der Waals surface area contributed by atoms with E-state index >= 15 is 0 Å². The molecule has 0 aliphatic heterocycles. The highest BCUT2D eigenvalue weighted by atomic mass is 32.1. The largest absolute Gasteiger partial charge is 0.479 e. The Kier molecular flexibility index (Phi) is 4.05. The van der Waals surface area contributed by atoms with Gasteiger partial charge in [0.1, 0.15) is 5.75 Å². The molecule has 0 saturated heterocycles. The van der Waals surface area contributed by atoms with Gasteiger partial charge in [-0.25, -0.2) is 9.59 Å². The number of carbonyl (C=O) groups excluding carboxylic acids is 2. The van der Waals surface area contributed by atoms with Crippen LogP contribution in [0.25, 0.3) is 0 Å². The summed E-state index contributed by atoms with van der Waals surface area (Å²) in [6, 6.07) is 0.441. The van der Waals surface area contributed by atoms with Crippen LogP contribution >= 0.6 is 11.3 Å².